The van der Waals surface area contributed by atoms with Gasteiger partial charge >= 0.3 is 14.0 Å². The maximum Gasteiger partial charge on any atom is 0.508 e. The van der Waals surface area contributed by atoms with Crippen molar-refractivity contribution in [1.29, 1.82) is 0 Å². The van der Waals surface area contributed by atoms with Gasteiger partial charge in [-0.1, -0.05) is 93.1 Å². The van der Waals surface area contributed by atoms with Gasteiger partial charge in [0.25, 0.3) is 0 Å². The summed E-state index contributed by atoms with van der Waals surface area (Å²) in [6.07, 6.45) is -4.73. The number of phosphoric acid groups is 1. The second-order valence-corrected chi connectivity index (χ2v) is 18.8. The van der Waals surface area contributed by atoms with Crippen LogP contribution in [0.15, 0.2) is 72.4 Å². The van der Waals surface area contributed by atoms with E-state index < -0.39 is 52.9 Å². The van der Waals surface area contributed by atoms with Crippen molar-refractivity contribution in [3.05, 3.63) is 94.4 Å². The Labute approximate surface area is 270 Å². The molecule has 2 aromatic rings. The van der Waals surface area contributed by atoms with Crippen LogP contribution in [-0.4, -0.2) is 58.3 Å². The molecule has 15 heteroatoms. The van der Waals surface area contributed by atoms with Gasteiger partial charge in [-0.05, 0) is 40.4 Å². The molecule has 2 aliphatic rings. The van der Waals surface area contributed by atoms with Crippen molar-refractivity contribution < 1.29 is 46.3 Å². The van der Waals surface area contributed by atoms with Gasteiger partial charge in [0.15, 0.2) is 14.6 Å². The summed E-state index contributed by atoms with van der Waals surface area (Å²) >= 11 is 0. The highest BCUT2D eigenvalue weighted by Gasteiger charge is 2.54. The summed E-state index contributed by atoms with van der Waals surface area (Å²) in [5.41, 5.74) is 12.1. The van der Waals surface area contributed by atoms with Crippen LogP contribution in [0.4, 0.5) is 4.79 Å². The zero-order valence-electron chi connectivity index (χ0n) is 26.8. The second kappa shape index (κ2) is 15.7. The average Bonchev–Trinajstić information content (AvgIpc) is 3.18. The first-order valence-electron chi connectivity index (χ1n) is 14.9. The fraction of sp³-hybridized carbons (Fsp3) is 0.516. The Bertz CT molecular complexity index is 1400. The van der Waals surface area contributed by atoms with Crippen LogP contribution in [0.5, 0.6) is 0 Å². The van der Waals surface area contributed by atoms with Crippen molar-refractivity contribution in [2.45, 2.75) is 89.4 Å². The predicted octanol–water partition coefficient (Wildman–Crippen LogP) is 7.58. The number of hydrogen-bond donors (Lipinski definition) is 0. The lowest BCUT2D eigenvalue weighted by Crippen LogP contribution is -2.62. The van der Waals surface area contributed by atoms with Crippen LogP contribution in [0.2, 0.25) is 18.1 Å². The van der Waals surface area contributed by atoms with Crippen LogP contribution >= 0.6 is 7.82 Å². The molecule has 4 rings (SSSR count). The minimum absolute atomic E-state index is 0.0556. The molecule has 2 aromatic carbocycles. The summed E-state index contributed by atoms with van der Waals surface area (Å²) in [7, 11) is -6.89. The molecule has 0 aliphatic carbocycles. The molecule has 0 bridgehead atoms. The van der Waals surface area contributed by atoms with Crippen molar-refractivity contribution >= 4 is 22.3 Å². The highest BCUT2D eigenvalue weighted by atomic mass is 31.2. The summed E-state index contributed by atoms with van der Waals surface area (Å²) in [5.74, 6) is 0. The average molecular weight is 676 g/mol. The molecule has 2 heterocycles. The quantitative estimate of drug-likeness (QED) is 0.0418. The molecule has 250 valence electrons. The number of fused-ring (bicyclic) bond motifs is 1. The predicted molar refractivity (Wildman–Crippen MR) is 171 cm³/mol. The zero-order valence-corrected chi connectivity index (χ0v) is 28.7. The van der Waals surface area contributed by atoms with Crippen LogP contribution < -0.4 is 0 Å². The number of benzene rings is 2. The largest absolute Gasteiger partial charge is 0.508 e. The third-order valence-electron chi connectivity index (χ3n) is 8.09. The molecule has 0 aromatic heterocycles. The van der Waals surface area contributed by atoms with Crippen LogP contribution in [0.3, 0.4) is 0 Å². The minimum Gasteiger partial charge on any atom is -0.430 e. The van der Waals surface area contributed by atoms with Gasteiger partial charge in [0.05, 0.1) is 26.4 Å². The van der Waals surface area contributed by atoms with Gasteiger partial charge in [-0.3, -0.25) is 13.6 Å². The maximum atomic E-state index is 14.1. The number of phosphoric ester groups is 1. The van der Waals surface area contributed by atoms with Gasteiger partial charge in [-0.25, -0.2) is 9.36 Å². The molecule has 0 N–H and O–H groups in total. The van der Waals surface area contributed by atoms with E-state index in [1.54, 1.807) is 0 Å². The summed E-state index contributed by atoms with van der Waals surface area (Å²) in [4.78, 5) is 15.9. The first-order valence-corrected chi connectivity index (χ1v) is 19.3. The van der Waals surface area contributed by atoms with Crippen LogP contribution in [0.1, 0.15) is 37.5 Å². The number of rotatable bonds is 12. The van der Waals surface area contributed by atoms with E-state index in [0.29, 0.717) is 0 Å². The van der Waals surface area contributed by atoms with Gasteiger partial charge in [0.1, 0.15) is 31.0 Å². The highest BCUT2D eigenvalue weighted by Crippen LogP contribution is 2.55. The Morgan fingerprint density at radius 1 is 1.09 bits per heavy atom. The number of carbonyl (C=O) groups is 1. The van der Waals surface area contributed by atoms with Crippen molar-refractivity contribution in [1.82, 2.24) is 0 Å². The molecule has 0 spiro atoms. The van der Waals surface area contributed by atoms with E-state index in [0.717, 1.165) is 16.7 Å². The Morgan fingerprint density at radius 2 is 1.72 bits per heavy atom. The van der Waals surface area contributed by atoms with Crippen molar-refractivity contribution in [3.8, 4) is 0 Å². The standard InChI is InChI=1S/C31H42N3O10PSi/c1-7-17-38-30(35)42-28-26(33-34-32)29(44-46(5,6)31(2,3)4)41-25(21-37-18-22-13-9-8-10-14-22)27(28)43-45(36)39-19-23-15-11-12-16-24(23)20-40-45/h7-16,25-29H,1,17-21H2,2-6H3/t25?,26?,27-,28-,29-/m1/s1. The molecular formula is C31H42N3O10PSi. The molecule has 0 radical (unpaired) electrons. The van der Waals surface area contributed by atoms with E-state index >= 15 is 0 Å². The van der Waals surface area contributed by atoms with Gasteiger partial charge in [0, 0.05) is 4.91 Å². The normalized spacial score (nSPS) is 24.5. The first kappa shape index (κ1) is 35.8. The lowest BCUT2D eigenvalue weighted by molar-refractivity contribution is -0.245. The zero-order chi connectivity index (χ0) is 33.4. The Kier molecular flexibility index (Phi) is 12.2. The number of hydrogen-bond acceptors (Lipinski definition) is 11. The molecule has 1 fully saturated rings. The number of carbonyl (C=O) groups excluding carboxylic acids is 1. The monoisotopic (exact) mass is 675 g/mol. The molecule has 13 nitrogen and oxygen atoms in total. The maximum absolute atomic E-state index is 14.1. The molecule has 2 unspecified atom stereocenters. The fourth-order valence-electron chi connectivity index (χ4n) is 4.56. The summed E-state index contributed by atoms with van der Waals surface area (Å²) in [6, 6.07) is 15.5. The van der Waals surface area contributed by atoms with E-state index in [4.69, 9.17) is 36.9 Å². The van der Waals surface area contributed by atoms with E-state index in [1.165, 1.54) is 6.08 Å². The van der Waals surface area contributed by atoms with Crippen LogP contribution in [0.25, 0.3) is 10.4 Å². The SMILES string of the molecule is C=CCOC(=O)O[C@@H]1C(N=[N+]=[N-])[C@@H](O[Si](C)(C)C(C)(C)C)OC(COCc2ccccc2)[C@H]1OP1(=O)OCc2ccccc2CO1. The molecule has 46 heavy (non-hydrogen) atoms. The lowest BCUT2D eigenvalue weighted by Gasteiger charge is -2.47. The third-order valence-corrected chi connectivity index (χ3v) is 13.9. The van der Waals surface area contributed by atoms with Crippen molar-refractivity contribution in [3.63, 3.8) is 0 Å². The van der Waals surface area contributed by atoms with Gasteiger partial charge in [0.2, 0.25) is 0 Å². The van der Waals surface area contributed by atoms with Gasteiger partial charge in [-0.2, -0.15) is 0 Å². The molecule has 1 saturated heterocycles. The second-order valence-electron chi connectivity index (χ2n) is 12.4. The number of azide groups is 1. The van der Waals surface area contributed by atoms with E-state index in [2.05, 4.69) is 16.6 Å². The molecule has 2 aliphatic heterocycles. The summed E-state index contributed by atoms with van der Waals surface area (Å²) < 4.78 is 61.5. The number of ether oxygens (including phenoxy) is 4. The van der Waals surface area contributed by atoms with E-state index in [-0.39, 0.29) is 38.1 Å². The molecule has 0 saturated carbocycles. The summed E-state index contributed by atoms with van der Waals surface area (Å²) in [6.45, 7) is 13.5. The third kappa shape index (κ3) is 9.28. The van der Waals surface area contributed by atoms with Crippen molar-refractivity contribution in [2.24, 2.45) is 5.11 Å². The number of nitrogens with zero attached hydrogens (tertiary/aromatic N) is 3. The van der Waals surface area contributed by atoms with Gasteiger partial charge in [-0.15, -0.1) is 0 Å². The lowest BCUT2D eigenvalue weighted by atomic mass is 9.97. The molecule has 0 amide bonds. The topological polar surface area (TPSA) is 157 Å². The van der Waals surface area contributed by atoms with Crippen molar-refractivity contribution in [2.75, 3.05) is 13.2 Å². The molecule has 5 atom stereocenters. The highest BCUT2D eigenvalue weighted by molar-refractivity contribution is 7.48. The van der Waals surface area contributed by atoms with Crippen LogP contribution in [-0.2, 0) is 61.3 Å². The molecular weight excluding hydrogens is 633 g/mol. The first-order chi connectivity index (χ1) is 21.9. The Balaban J connectivity index is 1.71. The van der Waals surface area contributed by atoms with Gasteiger partial charge < -0.3 is 23.4 Å². The van der Waals surface area contributed by atoms with Crippen LogP contribution in [0, 0.1) is 0 Å². The Hall–Kier alpha value is -3.03. The smallest absolute Gasteiger partial charge is 0.430 e. The van der Waals surface area contributed by atoms with E-state index in [1.807, 2.05) is 88.5 Å². The Morgan fingerprint density at radius 3 is 2.30 bits per heavy atom. The summed E-state index contributed by atoms with van der Waals surface area (Å²) in [5, 5.41) is 3.67. The fourth-order valence-corrected chi connectivity index (χ4v) is 7.03. The van der Waals surface area contributed by atoms with E-state index in [9.17, 15) is 14.9 Å². The minimum atomic E-state index is -4.32.